The number of methoxy groups -OCH3 is 1. The van der Waals surface area contributed by atoms with Gasteiger partial charge in [0.15, 0.2) is 5.75 Å². The van der Waals surface area contributed by atoms with Crippen LogP contribution in [-0.4, -0.2) is 18.5 Å². The molecule has 0 fully saturated rings. The SMILES string of the molecule is COc1c(CBr)cc(C)nc1OC(F)(F)F. The van der Waals surface area contributed by atoms with Gasteiger partial charge in [-0.3, -0.25) is 0 Å². The molecule has 16 heavy (non-hydrogen) atoms. The van der Waals surface area contributed by atoms with Crippen LogP contribution in [0, 0.1) is 6.92 Å². The second-order valence-electron chi connectivity index (χ2n) is 2.94. The zero-order valence-corrected chi connectivity index (χ0v) is 10.1. The van der Waals surface area contributed by atoms with Crippen LogP contribution in [-0.2, 0) is 5.33 Å². The minimum atomic E-state index is -4.78. The van der Waals surface area contributed by atoms with Gasteiger partial charge in [-0.1, -0.05) is 15.9 Å². The van der Waals surface area contributed by atoms with E-state index in [2.05, 4.69) is 25.7 Å². The van der Waals surface area contributed by atoms with Crippen molar-refractivity contribution >= 4 is 15.9 Å². The van der Waals surface area contributed by atoms with Crippen LogP contribution in [0.2, 0.25) is 0 Å². The first kappa shape index (κ1) is 13.1. The van der Waals surface area contributed by atoms with E-state index >= 15 is 0 Å². The maximum atomic E-state index is 12.1. The van der Waals surface area contributed by atoms with Crippen molar-refractivity contribution in [1.82, 2.24) is 4.98 Å². The number of pyridine rings is 1. The van der Waals surface area contributed by atoms with E-state index < -0.39 is 12.2 Å². The van der Waals surface area contributed by atoms with E-state index in [0.29, 0.717) is 16.6 Å². The zero-order chi connectivity index (χ0) is 12.3. The Morgan fingerprint density at radius 1 is 1.44 bits per heavy atom. The molecule has 1 aromatic heterocycles. The van der Waals surface area contributed by atoms with Crippen LogP contribution in [0.3, 0.4) is 0 Å². The number of hydrogen-bond donors (Lipinski definition) is 0. The molecule has 0 bridgehead atoms. The predicted octanol–water partition coefficient (Wildman–Crippen LogP) is 3.19. The van der Waals surface area contributed by atoms with Crippen LogP contribution in [0.15, 0.2) is 6.07 Å². The Bertz CT molecular complexity index is 382. The van der Waals surface area contributed by atoms with Crippen molar-refractivity contribution in [3.63, 3.8) is 0 Å². The third-order valence-electron chi connectivity index (χ3n) is 1.71. The fraction of sp³-hybridized carbons (Fsp3) is 0.444. The van der Waals surface area contributed by atoms with Crippen molar-refractivity contribution in [2.75, 3.05) is 7.11 Å². The molecule has 0 aliphatic carbocycles. The second-order valence-corrected chi connectivity index (χ2v) is 3.50. The Kier molecular flexibility index (Phi) is 4.01. The highest BCUT2D eigenvalue weighted by Crippen LogP contribution is 2.34. The van der Waals surface area contributed by atoms with Crippen LogP contribution in [0.25, 0.3) is 0 Å². The van der Waals surface area contributed by atoms with Gasteiger partial charge in [0.1, 0.15) is 0 Å². The largest absolute Gasteiger partial charge is 0.574 e. The van der Waals surface area contributed by atoms with E-state index in [4.69, 9.17) is 4.74 Å². The zero-order valence-electron chi connectivity index (χ0n) is 8.56. The number of ether oxygens (including phenoxy) is 2. The Labute approximate surface area is 98.7 Å². The van der Waals surface area contributed by atoms with E-state index in [9.17, 15) is 13.2 Å². The van der Waals surface area contributed by atoms with Gasteiger partial charge in [0.25, 0.3) is 5.88 Å². The number of aryl methyl sites for hydroxylation is 1. The minimum absolute atomic E-state index is 0.0141. The van der Waals surface area contributed by atoms with E-state index in [-0.39, 0.29) is 5.75 Å². The molecule has 7 heteroatoms. The molecule has 0 N–H and O–H groups in total. The van der Waals surface area contributed by atoms with Gasteiger partial charge < -0.3 is 9.47 Å². The Morgan fingerprint density at radius 3 is 2.50 bits per heavy atom. The van der Waals surface area contributed by atoms with Gasteiger partial charge in [-0.05, 0) is 13.0 Å². The summed E-state index contributed by atoms with van der Waals surface area (Å²) in [5.41, 5.74) is 0.976. The van der Waals surface area contributed by atoms with E-state index in [0.717, 1.165) is 0 Å². The molecule has 1 aromatic rings. The first-order chi connectivity index (χ1) is 7.37. The number of aromatic nitrogens is 1. The molecule has 3 nitrogen and oxygen atoms in total. The summed E-state index contributed by atoms with van der Waals surface area (Å²) in [6.45, 7) is 1.58. The fourth-order valence-corrected chi connectivity index (χ4v) is 1.61. The summed E-state index contributed by atoms with van der Waals surface area (Å²) >= 11 is 3.15. The summed E-state index contributed by atoms with van der Waals surface area (Å²) < 4.78 is 44.9. The van der Waals surface area contributed by atoms with Crippen molar-refractivity contribution in [1.29, 1.82) is 0 Å². The van der Waals surface area contributed by atoms with Crippen LogP contribution in [0.1, 0.15) is 11.3 Å². The van der Waals surface area contributed by atoms with E-state index in [1.54, 1.807) is 13.0 Å². The summed E-state index contributed by atoms with van der Waals surface area (Å²) in [5, 5.41) is 0.355. The lowest BCUT2D eigenvalue weighted by atomic mass is 10.2. The van der Waals surface area contributed by atoms with Gasteiger partial charge >= 0.3 is 6.36 Å². The van der Waals surface area contributed by atoms with Gasteiger partial charge in [-0.15, -0.1) is 13.2 Å². The van der Waals surface area contributed by atoms with Crippen molar-refractivity contribution in [2.24, 2.45) is 0 Å². The predicted molar refractivity (Wildman–Crippen MR) is 54.8 cm³/mol. The minimum Gasteiger partial charge on any atom is -0.491 e. The van der Waals surface area contributed by atoms with E-state index in [1.165, 1.54) is 7.11 Å². The molecular formula is C9H9BrF3NO2. The number of alkyl halides is 4. The van der Waals surface area contributed by atoms with Crippen molar-refractivity contribution in [2.45, 2.75) is 18.6 Å². The second kappa shape index (κ2) is 4.90. The number of hydrogen-bond acceptors (Lipinski definition) is 3. The molecule has 1 rings (SSSR count). The number of rotatable bonds is 3. The summed E-state index contributed by atoms with van der Waals surface area (Å²) in [6, 6.07) is 1.62. The van der Waals surface area contributed by atoms with Gasteiger partial charge in [-0.25, -0.2) is 4.98 Å². The first-order valence-electron chi connectivity index (χ1n) is 4.23. The molecule has 0 aliphatic heterocycles. The average molecular weight is 300 g/mol. The molecule has 0 atom stereocenters. The number of nitrogens with zero attached hydrogens (tertiary/aromatic N) is 1. The summed E-state index contributed by atoms with van der Waals surface area (Å²) in [7, 11) is 1.27. The third-order valence-corrected chi connectivity index (χ3v) is 2.31. The molecule has 0 aromatic carbocycles. The molecule has 90 valence electrons. The van der Waals surface area contributed by atoms with Gasteiger partial charge in [0, 0.05) is 16.6 Å². The summed E-state index contributed by atoms with van der Waals surface area (Å²) in [6.07, 6.45) is -4.78. The van der Waals surface area contributed by atoms with E-state index in [1.807, 2.05) is 0 Å². The molecule has 0 amide bonds. The number of halogens is 4. The van der Waals surface area contributed by atoms with Crippen molar-refractivity contribution in [3.8, 4) is 11.6 Å². The molecule has 0 unspecified atom stereocenters. The smallest absolute Gasteiger partial charge is 0.491 e. The summed E-state index contributed by atoms with van der Waals surface area (Å²) in [5.74, 6) is -0.579. The molecule has 0 saturated heterocycles. The Morgan fingerprint density at radius 2 is 2.06 bits per heavy atom. The van der Waals surface area contributed by atoms with Crippen molar-refractivity contribution < 1.29 is 22.6 Å². The topological polar surface area (TPSA) is 31.4 Å². The molecule has 0 spiro atoms. The van der Waals surface area contributed by atoms with Crippen LogP contribution < -0.4 is 9.47 Å². The normalized spacial score (nSPS) is 11.4. The Hall–Kier alpha value is -0.980. The Balaban J connectivity index is 3.20. The first-order valence-corrected chi connectivity index (χ1v) is 5.35. The van der Waals surface area contributed by atoms with Crippen LogP contribution in [0.5, 0.6) is 11.6 Å². The highest BCUT2D eigenvalue weighted by atomic mass is 79.9. The maximum absolute atomic E-state index is 12.1. The van der Waals surface area contributed by atoms with Gasteiger partial charge in [0.2, 0.25) is 0 Å². The monoisotopic (exact) mass is 299 g/mol. The standard InChI is InChI=1S/C9H9BrF3NO2/c1-5-3-6(4-10)7(15-2)8(14-5)16-9(11,12)13/h3H,4H2,1-2H3. The highest BCUT2D eigenvalue weighted by Gasteiger charge is 2.34. The van der Waals surface area contributed by atoms with Gasteiger partial charge in [-0.2, -0.15) is 0 Å². The van der Waals surface area contributed by atoms with Crippen molar-refractivity contribution in [3.05, 3.63) is 17.3 Å². The maximum Gasteiger partial charge on any atom is 0.574 e. The lowest BCUT2D eigenvalue weighted by Crippen LogP contribution is -2.19. The highest BCUT2D eigenvalue weighted by molar-refractivity contribution is 9.08. The third kappa shape index (κ3) is 3.26. The lowest BCUT2D eigenvalue weighted by molar-refractivity contribution is -0.276. The van der Waals surface area contributed by atoms with Crippen LogP contribution >= 0.6 is 15.9 Å². The molecule has 0 aliphatic rings. The average Bonchev–Trinajstić information content (AvgIpc) is 2.14. The molecule has 0 saturated carbocycles. The molecular weight excluding hydrogens is 291 g/mol. The lowest BCUT2D eigenvalue weighted by Gasteiger charge is -2.14. The quantitative estimate of drug-likeness (QED) is 0.803. The fourth-order valence-electron chi connectivity index (χ4n) is 1.19. The molecule has 1 heterocycles. The van der Waals surface area contributed by atoms with Crippen LogP contribution in [0.4, 0.5) is 13.2 Å². The summed E-state index contributed by atoms with van der Waals surface area (Å²) in [4.78, 5) is 3.65. The molecule has 0 radical (unpaired) electrons. The van der Waals surface area contributed by atoms with Gasteiger partial charge in [0.05, 0.1) is 7.11 Å².